The van der Waals surface area contributed by atoms with Gasteiger partial charge in [-0.05, 0) is 29.5 Å². The summed E-state index contributed by atoms with van der Waals surface area (Å²) in [5, 5.41) is 22.3. The van der Waals surface area contributed by atoms with E-state index in [1.54, 1.807) is 54.6 Å². The summed E-state index contributed by atoms with van der Waals surface area (Å²) in [5.74, 6) is 0. The zero-order valence-electron chi connectivity index (χ0n) is 10.4. The van der Waals surface area contributed by atoms with Crippen LogP contribution >= 0.6 is 11.8 Å². The molecule has 0 saturated carbocycles. The molecule has 0 spiro atoms. The lowest BCUT2D eigenvalue weighted by Gasteiger charge is -2.06. The molecule has 4 nitrogen and oxygen atoms in total. The van der Waals surface area contributed by atoms with Crippen molar-refractivity contribution in [3.05, 3.63) is 81.9 Å². The van der Waals surface area contributed by atoms with Gasteiger partial charge in [0.1, 0.15) is 10.3 Å². The average molecular weight is 282 g/mol. The van der Waals surface area contributed by atoms with Crippen LogP contribution in [0.5, 0.6) is 0 Å². The number of nitriles is 1. The van der Waals surface area contributed by atoms with E-state index in [0.717, 1.165) is 11.8 Å². The standard InChI is InChI=1S/C15H10N2O2S/c16-11-20-15(13-9-5-2-6-10-13)14(17(18)19)12-7-3-1-4-8-12/h1-10H/b15-14-. The Bertz CT molecular complexity index is 676. The number of thioether (sulfide) groups is 1. The molecule has 0 aliphatic carbocycles. The van der Waals surface area contributed by atoms with Crippen molar-refractivity contribution in [2.45, 2.75) is 0 Å². The summed E-state index contributed by atoms with van der Waals surface area (Å²) in [6, 6.07) is 17.5. The van der Waals surface area contributed by atoms with Gasteiger partial charge < -0.3 is 0 Å². The van der Waals surface area contributed by atoms with Crippen molar-refractivity contribution in [3.8, 4) is 5.40 Å². The van der Waals surface area contributed by atoms with Gasteiger partial charge in [-0.15, -0.1) is 0 Å². The second kappa shape index (κ2) is 6.55. The molecule has 0 unspecified atom stereocenters. The third-order valence-electron chi connectivity index (χ3n) is 2.63. The largest absolute Gasteiger partial charge is 0.291 e. The Morgan fingerprint density at radius 1 is 1.00 bits per heavy atom. The summed E-state index contributed by atoms with van der Waals surface area (Å²) >= 11 is 0.804. The van der Waals surface area contributed by atoms with E-state index in [1.807, 2.05) is 11.5 Å². The second-order valence-corrected chi connectivity index (χ2v) is 4.66. The Kier molecular flexibility index (Phi) is 4.53. The lowest BCUT2D eigenvalue weighted by atomic mass is 10.1. The molecule has 0 amide bonds. The van der Waals surface area contributed by atoms with Gasteiger partial charge >= 0.3 is 0 Å². The van der Waals surface area contributed by atoms with Crippen LogP contribution in [0.15, 0.2) is 60.7 Å². The fraction of sp³-hybridized carbons (Fsp3) is 0. The highest BCUT2D eigenvalue weighted by Gasteiger charge is 2.22. The molecule has 0 aliphatic rings. The summed E-state index contributed by atoms with van der Waals surface area (Å²) < 4.78 is 0. The van der Waals surface area contributed by atoms with Gasteiger partial charge in [-0.1, -0.05) is 48.5 Å². The third kappa shape index (κ3) is 3.05. The van der Waals surface area contributed by atoms with Gasteiger partial charge in [0, 0.05) is 0 Å². The summed E-state index contributed by atoms with van der Waals surface area (Å²) in [7, 11) is 0. The van der Waals surface area contributed by atoms with Crippen molar-refractivity contribution in [3.63, 3.8) is 0 Å². The molecular formula is C15H10N2O2S. The summed E-state index contributed by atoms with van der Waals surface area (Å²) in [6.45, 7) is 0. The van der Waals surface area contributed by atoms with E-state index in [-0.39, 0.29) is 5.70 Å². The van der Waals surface area contributed by atoms with E-state index < -0.39 is 4.92 Å². The Morgan fingerprint density at radius 2 is 1.50 bits per heavy atom. The zero-order chi connectivity index (χ0) is 14.4. The number of nitrogens with zero attached hydrogens (tertiary/aromatic N) is 2. The smallest absolute Gasteiger partial charge is 0.258 e. The van der Waals surface area contributed by atoms with Gasteiger partial charge in [-0.25, -0.2) is 0 Å². The molecule has 98 valence electrons. The monoisotopic (exact) mass is 282 g/mol. The molecule has 20 heavy (non-hydrogen) atoms. The van der Waals surface area contributed by atoms with Gasteiger partial charge in [-0.2, -0.15) is 5.26 Å². The topological polar surface area (TPSA) is 66.9 Å². The highest BCUT2D eigenvalue weighted by atomic mass is 32.2. The fourth-order valence-electron chi connectivity index (χ4n) is 1.79. The number of nitro groups is 1. The maximum atomic E-state index is 11.4. The highest BCUT2D eigenvalue weighted by molar-refractivity contribution is 8.12. The molecule has 2 rings (SSSR count). The third-order valence-corrected chi connectivity index (χ3v) is 3.35. The maximum Gasteiger partial charge on any atom is 0.291 e. The first-order valence-corrected chi connectivity index (χ1v) is 6.61. The Hall–Kier alpha value is -2.58. The number of benzene rings is 2. The number of hydrogen-bond donors (Lipinski definition) is 0. The molecule has 0 fully saturated rings. The van der Waals surface area contributed by atoms with Crippen molar-refractivity contribution >= 4 is 22.4 Å². The molecule has 0 heterocycles. The minimum absolute atomic E-state index is 0.0525. The number of thiocyanates is 1. The normalized spacial score (nSPS) is 11.3. The molecule has 0 saturated heterocycles. The van der Waals surface area contributed by atoms with Crippen LogP contribution in [0.4, 0.5) is 0 Å². The SMILES string of the molecule is N#CS/C(=C(/c1ccccc1)[N+](=O)[O-])c1ccccc1. The minimum atomic E-state index is -0.442. The molecule has 0 N–H and O–H groups in total. The second-order valence-electron chi connectivity index (χ2n) is 3.86. The van der Waals surface area contributed by atoms with Crippen molar-refractivity contribution in [2.75, 3.05) is 0 Å². The van der Waals surface area contributed by atoms with E-state index in [0.29, 0.717) is 16.0 Å². The van der Waals surface area contributed by atoms with Crippen LogP contribution in [0.25, 0.3) is 10.6 Å². The molecule has 5 heteroatoms. The van der Waals surface area contributed by atoms with Crippen molar-refractivity contribution in [2.24, 2.45) is 0 Å². The first-order valence-electron chi connectivity index (χ1n) is 5.79. The van der Waals surface area contributed by atoms with Gasteiger partial charge in [-0.3, -0.25) is 10.1 Å². The van der Waals surface area contributed by atoms with Gasteiger partial charge in [0.25, 0.3) is 5.70 Å². The predicted octanol–water partition coefficient (Wildman–Crippen LogP) is 4.00. The van der Waals surface area contributed by atoms with Crippen LogP contribution in [-0.4, -0.2) is 4.92 Å². The molecule has 0 bridgehead atoms. The highest BCUT2D eigenvalue weighted by Crippen LogP contribution is 2.35. The van der Waals surface area contributed by atoms with Crippen LogP contribution in [-0.2, 0) is 0 Å². The minimum Gasteiger partial charge on any atom is -0.258 e. The fourth-order valence-corrected chi connectivity index (χ4v) is 2.43. The lowest BCUT2D eigenvalue weighted by Crippen LogP contribution is -2.00. The molecular weight excluding hydrogens is 272 g/mol. The van der Waals surface area contributed by atoms with Crippen LogP contribution in [0, 0.1) is 20.8 Å². The molecule has 0 aliphatic heterocycles. The van der Waals surface area contributed by atoms with Crippen LogP contribution < -0.4 is 0 Å². The van der Waals surface area contributed by atoms with Crippen LogP contribution in [0.3, 0.4) is 0 Å². The number of hydrogen-bond acceptors (Lipinski definition) is 4. The lowest BCUT2D eigenvalue weighted by molar-refractivity contribution is -0.374. The van der Waals surface area contributed by atoms with Crippen LogP contribution in [0.1, 0.15) is 11.1 Å². The van der Waals surface area contributed by atoms with Gasteiger partial charge in [0.15, 0.2) is 0 Å². The van der Waals surface area contributed by atoms with Crippen molar-refractivity contribution in [1.29, 1.82) is 5.26 Å². The summed E-state index contributed by atoms with van der Waals surface area (Å²) in [5.41, 5.74) is 1.09. The maximum absolute atomic E-state index is 11.4. The van der Waals surface area contributed by atoms with Crippen molar-refractivity contribution in [1.82, 2.24) is 0 Å². The summed E-state index contributed by atoms with van der Waals surface area (Å²) in [6.07, 6.45) is 0. The average Bonchev–Trinajstić information content (AvgIpc) is 2.48. The Morgan fingerprint density at radius 3 is 1.95 bits per heavy atom. The van der Waals surface area contributed by atoms with Crippen molar-refractivity contribution < 1.29 is 4.92 Å². The first-order chi connectivity index (χ1) is 9.74. The molecule has 0 aromatic heterocycles. The van der Waals surface area contributed by atoms with Crippen LogP contribution in [0.2, 0.25) is 0 Å². The molecule has 0 radical (unpaired) electrons. The molecule has 2 aromatic rings. The van der Waals surface area contributed by atoms with E-state index in [4.69, 9.17) is 5.26 Å². The molecule has 2 aromatic carbocycles. The Balaban J connectivity index is 2.68. The summed E-state index contributed by atoms with van der Waals surface area (Å²) in [4.78, 5) is 11.3. The predicted molar refractivity (Wildman–Crippen MR) is 79.9 cm³/mol. The van der Waals surface area contributed by atoms with Gasteiger partial charge in [0.2, 0.25) is 0 Å². The number of rotatable bonds is 4. The quantitative estimate of drug-likeness (QED) is 0.368. The molecule has 0 atom stereocenters. The van der Waals surface area contributed by atoms with E-state index >= 15 is 0 Å². The van der Waals surface area contributed by atoms with E-state index in [9.17, 15) is 10.1 Å². The van der Waals surface area contributed by atoms with E-state index in [1.165, 1.54) is 0 Å². The Labute approximate surface area is 120 Å². The zero-order valence-corrected chi connectivity index (χ0v) is 11.2. The first kappa shape index (κ1) is 13.8. The van der Waals surface area contributed by atoms with Gasteiger partial charge in [0.05, 0.1) is 10.5 Å². The van der Waals surface area contributed by atoms with E-state index in [2.05, 4.69) is 0 Å².